The predicted octanol–water partition coefficient (Wildman–Crippen LogP) is 5.39. The van der Waals surface area contributed by atoms with E-state index in [0.29, 0.717) is 28.2 Å². The molecule has 0 aromatic heterocycles. The molecule has 1 amide bonds. The van der Waals surface area contributed by atoms with Gasteiger partial charge in [-0.3, -0.25) is 4.79 Å². The third kappa shape index (κ3) is 4.11. The van der Waals surface area contributed by atoms with Crippen LogP contribution in [0.15, 0.2) is 42.6 Å². The summed E-state index contributed by atoms with van der Waals surface area (Å²) in [6.07, 6.45) is 6.19. The number of anilines is 3. The van der Waals surface area contributed by atoms with Gasteiger partial charge in [0.1, 0.15) is 11.6 Å². The third-order valence-electron chi connectivity index (χ3n) is 5.75. The fourth-order valence-corrected chi connectivity index (χ4v) is 4.19. The van der Waals surface area contributed by atoms with E-state index in [4.69, 9.17) is 0 Å². The van der Waals surface area contributed by atoms with Crippen LogP contribution < -0.4 is 15.5 Å². The number of fused-ring (bicyclic) bond motifs is 1. The first-order valence-electron chi connectivity index (χ1n) is 10.2. The van der Waals surface area contributed by atoms with Crippen LogP contribution in [0.3, 0.4) is 0 Å². The number of hydrogen-bond acceptors (Lipinski definition) is 3. The van der Waals surface area contributed by atoms with Gasteiger partial charge < -0.3 is 15.5 Å². The molecule has 2 aromatic rings. The molecule has 2 aliphatic rings. The van der Waals surface area contributed by atoms with Crippen molar-refractivity contribution in [1.29, 1.82) is 0 Å². The second-order valence-electron chi connectivity index (χ2n) is 7.73. The summed E-state index contributed by atoms with van der Waals surface area (Å²) in [4.78, 5) is 14.3. The Hall–Kier alpha value is -2.89. The van der Waals surface area contributed by atoms with Gasteiger partial charge in [-0.05, 0) is 55.2 Å². The van der Waals surface area contributed by atoms with E-state index < -0.39 is 5.82 Å². The molecule has 152 valence electrons. The molecular formula is C23H25F2N3O. The molecule has 1 saturated heterocycles. The van der Waals surface area contributed by atoms with Crippen LogP contribution in [0.25, 0.3) is 5.57 Å². The van der Waals surface area contributed by atoms with Crippen LogP contribution in [0.1, 0.15) is 38.2 Å². The SMILES string of the molecule is CCCC1CCN(c2ccc(NC=C3C(=O)Nc4cc(F)ccc43)cc2F)CC1. The zero-order valence-electron chi connectivity index (χ0n) is 16.5. The molecule has 0 radical (unpaired) electrons. The van der Waals surface area contributed by atoms with Crippen molar-refractivity contribution in [3.63, 3.8) is 0 Å². The summed E-state index contributed by atoms with van der Waals surface area (Å²) in [6.45, 7) is 3.97. The van der Waals surface area contributed by atoms with Crippen LogP contribution >= 0.6 is 0 Å². The Balaban J connectivity index is 1.46. The van der Waals surface area contributed by atoms with Crippen LogP contribution in [-0.4, -0.2) is 19.0 Å². The van der Waals surface area contributed by atoms with Crippen LogP contribution in [-0.2, 0) is 4.79 Å². The summed E-state index contributed by atoms with van der Waals surface area (Å²) >= 11 is 0. The highest BCUT2D eigenvalue weighted by molar-refractivity contribution is 6.31. The maximum Gasteiger partial charge on any atom is 0.257 e. The Morgan fingerprint density at radius 3 is 2.69 bits per heavy atom. The largest absolute Gasteiger partial charge is 0.369 e. The maximum absolute atomic E-state index is 14.7. The molecule has 2 aliphatic heterocycles. The fourth-order valence-electron chi connectivity index (χ4n) is 4.19. The number of carbonyl (C=O) groups excluding carboxylic acids is 1. The number of carbonyl (C=O) groups is 1. The topological polar surface area (TPSA) is 44.4 Å². The van der Waals surface area contributed by atoms with Crippen molar-refractivity contribution < 1.29 is 13.6 Å². The highest BCUT2D eigenvalue weighted by atomic mass is 19.1. The zero-order valence-corrected chi connectivity index (χ0v) is 16.5. The number of amides is 1. The Morgan fingerprint density at radius 1 is 1.17 bits per heavy atom. The van der Waals surface area contributed by atoms with Gasteiger partial charge in [0.2, 0.25) is 0 Å². The normalized spacial score (nSPS) is 18.1. The molecule has 0 aliphatic carbocycles. The molecule has 1 fully saturated rings. The van der Waals surface area contributed by atoms with Crippen LogP contribution in [0.5, 0.6) is 0 Å². The second kappa shape index (κ2) is 8.23. The number of halogens is 2. The highest BCUT2D eigenvalue weighted by Gasteiger charge is 2.24. The molecule has 2 N–H and O–H groups in total. The summed E-state index contributed by atoms with van der Waals surface area (Å²) in [5.74, 6) is -0.249. The summed E-state index contributed by atoms with van der Waals surface area (Å²) < 4.78 is 28.0. The first-order valence-corrected chi connectivity index (χ1v) is 10.2. The van der Waals surface area contributed by atoms with E-state index in [0.717, 1.165) is 31.8 Å². The molecule has 0 bridgehead atoms. The van der Waals surface area contributed by atoms with Crippen LogP contribution in [0, 0.1) is 17.6 Å². The van der Waals surface area contributed by atoms with E-state index in [9.17, 15) is 13.6 Å². The second-order valence-corrected chi connectivity index (χ2v) is 7.73. The number of hydrogen-bond donors (Lipinski definition) is 2. The smallest absolute Gasteiger partial charge is 0.257 e. The maximum atomic E-state index is 14.7. The van der Waals surface area contributed by atoms with E-state index in [-0.39, 0.29) is 11.7 Å². The van der Waals surface area contributed by atoms with Gasteiger partial charge in [-0.2, -0.15) is 0 Å². The Bertz CT molecular complexity index is 949. The van der Waals surface area contributed by atoms with Gasteiger partial charge in [0.15, 0.2) is 0 Å². The minimum Gasteiger partial charge on any atom is -0.369 e. The first kappa shape index (κ1) is 19.4. The van der Waals surface area contributed by atoms with Crippen LogP contribution in [0.4, 0.5) is 25.8 Å². The molecule has 0 atom stereocenters. The summed E-state index contributed by atoms with van der Waals surface area (Å²) in [6, 6.07) is 9.20. The van der Waals surface area contributed by atoms with Crippen LogP contribution in [0.2, 0.25) is 0 Å². The van der Waals surface area contributed by atoms with Gasteiger partial charge in [-0.15, -0.1) is 0 Å². The number of piperidine rings is 1. The Labute approximate surface area is 169 Å². The van der Waals surface area contributed by atoms with Crippen molar-refractivity contribution in [3.05, 3.63) is 59.8 Å². The standard InChI is InChI=1S/C23H25F2N3O/c1-2-3-15-8-10-28(11-9-15)22-7-5-17(13-20(22)25)26-14-19-18-6-4-16(24)12-21(18)27-23(19)29/h4-7,12-15,26H,2-3,8-11H2,1H3,(H,27,29). The molecule has 29 heavy (non-hydrogen) atoms. The number of rotatable bonds is 5. The summed E-state index contributed by atoms with van der Waals surface area (Å²) in [7, 11) is 0. The lowest BCUT2D eigenvalue weighted by Crippen LogP contribution is -2.34. The van der Waals surface area contributed by atoms with Gasteiger partial charge >= 0.3 is 0 Å². The van der Waals surface area contributed by atoms with E-state index in [1.54, 1.807) is 12.1 Å². The number of nitrogens with one attached hydrogen (secondary N) is 2. The van der Waals surface area contributed by atoms with Gasteiger partial charge in [-0.25, -0.2) is 8.78 Å². The van der Waals surface area contributed by atoms with Crippen molar-refractivity contribution in [2.24, 2.45) is 5.92 Å². The van der Waals surface area contributed by atoms with Gasteiger partial charge in [0, 0.05) is 30.5 Å². The molecule has 4 rings (SSSR count). The lowest BCUT2D eigenvalue weighted by molar-refractivity contribution is -0.110. The van der Waals surface area contributed by atoms with Crippen molar-refractivity contribution in [3.8, 4) is 0 Å². The average Bonchev–Trinajstić information content (AvgIpc) is 3.01. The Kier molecular flexibility index (Phi) is 5.51. The third-order valence-corrected chi connectivity index (χ3v) is 5.75. The van der Waals surface area contributed by atoms with Gasteiger partial charge in [-0.1, -0.05) is 19.8 Å². The monoisotopic (exact) mass is 397 g/mol. The van der Waals surface area contributed by atoms with Crippen molar-refractivity contribution in [2.75, 3.05) is 28.6 Å². The fraction of sp³-hybridized carbons (Fsp3) is 0.348. The molecule has 2 aromatic carbocycles. The highest BCUT2D eigenvalue weighted by Crippen LogP contribution is 2.33. The molecule has 0 spiro atoms. The molecular weight excluding hydrogens is 372 g/mol. The predicted molar refractivity (Wildman–Crippen MR) is 113 cm³/mol. The quantitative estimate of drug-likeness (QED) is 0.665. The van der Waals surface area contributed by atoms with Crippen molar-refractivity contribution >= 4 is 28.5 Å². The number of nitrogens with zero attached hydrogens (tertiary/aromatic N) is 1. The van der Waals surface area contributed by atoms with Crippen molar-refractivity contribution in [1.82, 2.24) is 0 Å². The van der Waals surface area contributed by atoms with E-state index >= 15 is 0 Å². The summed E-state index contributed by atoms with van der Waals surface area (Å²) in [5.41, 5.74) is 2.63. The first-order chi connectivity index (χ1) is 14.0. The summed E-state index contributed by atoms with van der Waals surface area (Å²) in [5, 5.41) is 5.62. The molecule has 4 nitrogen and oxygen atoms in total. The number of benzene rings is 2. The molecule has 0 saturated carbocycles. The minimum atomic E-state index is -0.408. The lowest BCUT2D eigenvalue weighted by atomic mass is 9.92. The van der Waals surface area contributed by atoms with Gasteiger partial charge in [0.05, 0.1) is 16.9 Å². The van der Waals surface area contributed by atoms with Gasteiger partial charge in [0.25, 0.3) is 5.91 Å². The zero-order chi connectivity index (χ0) is 20.4. The lowest BCUT2D eigenvalue weighted by Gasteiger charge is -2.33. The minimum absolute atomic E-state index is 0.277. The van der Waals surface area contributed by atoms with E-state index in [1.165, 1.54) is 37.2 Å². The van der Waals surface area contributed by atoms with E-state index in [1.807, 2.05) is 6.07 Å². The van der Waals surface area contributed by atoms with Crippen molar-refractivity contribution in [2.45, 2.75) is 32.6 Å². The molecule has 2 heterocycles. The Morgan fingerprint density at radius 2 is 1.97 bits per heavy atom. The molecule has 6 heteroatoms. The van der Waals surface area contributed by atoms with E-state index in [2.05, 4.69) is 22.5 Å². The molecule has 0 unspecified atom stereocenters. The average molecular weight is 397 g/mol.